The van der Waals surface area contributed by atoms with Gasteiger partial charge in [-0.05, 0) is 24.3 Å². The number of anilines is 1. The second kappa shape index (κ2) is 5.30. The molecule has 0 radical (unpaired) electrons. The fourth-order valence-electron chi connectivity index (χ4n) is 1.66. The molecule has 0 saturated heterocycles. The summed E-state index contributed by atoms with van der Waals surface area (Å²) in [6.07, 6.45) is 0. The first-order valence-electron chi connectivity index (χ1n) is 5.58. The first-order valence-corrected chi connectivity index (χ1v) is 5.58. The van der Waals surface area contributed by atoms with Crippen molar-refractivity contribution < 1.29 is 19.7 Å². The van der Waals surface area contributed by atoms with Gasteiger partial charge in [0.1, 0.15) is 22.8 Å². The van der Waals surface area contributed by atoms with E-state index < -0.39 is 5.91 Å². The molecular weight excluding hydrogens is 246 g/mol. The summed E-state index contributed by atoms with van der Waals surface area (Å²) in [5.41, 5.74) is 0.345. The molecule has 2 rings (SSSR count). The summed E-state index contributed by atoms with van der Waals surface area (Å²) in [4.78, 5) is 12.0. The fraction of sp³-hybridized carbons (Fsp3) is 0.0714. The van der Waals surface area contributed by atoms with E-state index in [9.17, 15) is 15.0 Å². The van der Waals surface area contributed by atoms with E-state index in [2.05, 4.69) is 5.32 Å². The molecule has 0 spiro atoms. The summed E-state index contributed by atoms with van der Waals surface area (Å²) >= 11 is 0. The van der Waals surface area contributed by atoms with Crippen LogP contribution in [-0.2, 0) is 0 Å². The van der Waals surface area contributed by atoms with Gasteiger partial charge < -0.3 is 20.3 Å². The average Bonchev–Trinajstić information content (AvgIpc) is 2.38. The predicted octanol–water partition coefficient (Wildman–Crippen LogP) is 2.36. The van der Waals surface area contributed by atoms with E-state index in [1.54, 1.807) is 24.3 Å². The van der Waals surface area contributed by atoms with Crippen LogP contribution in [0.15, 0.2) is 42.5 Å². The fourth-order valence-corrected chi connectivity index (χ4v) is 1.66. The summed E-state index contributed by atoms with van der Waals surface area (Å²) in [5.74, 6) is -0.552. The van der Waals surface area contributed by atoms with E-state index in [4.69, 9.17) is 4.74 Å². The lowest BCUT2D eigenvalue weighted by Crippen LogP contribution is -2.12. The number of rotatable bonds is 3. The topological polar surface area (TPSA) is 78.8 Å². The van der Waals surface area contributed by atoms with Crippen molar-refractivity contribution >= 4 is 11.6 Å². The normalized spacial score (nSPS) is 9.95. The highest BCUT2D eigenvalue weighted by Gasteiger charge is 2.16. The Morgan fingerprint density at radius 3 is 2.37 bits per heavy atom. The molecule has 1 amide bonds. The summed E-state index contributed by atoms with van der Waals surface area (Å²) < 4.78 is 5.04. The molecule has 0 aliphatic rings. The molecule has 0 bridgehead atoms. The second-order valence-corrected chi connectivity index (χ2v) is 3.86. The molecule has 0 aromatic heterocycles. The van der Waals surface area contributed by atoms with E-state index in [-0.39, 0.29) is 17.1 Å². The highest BCUT2D eigenvalue weighted by molar-refractivity contribution is 6.08. The average molecular weight is 259 g/mol. The third kappa shape index (κ3) is 2.77. The van der Waals surface area contributed by atoms with Crippen LogP contribution in [0.4, 0.5) is 5.69 Å². The number of hydrogen-bond acceptors (Lipinski definition) is 4. The van der Waals surface area contributed by atoms with Gasteiger partial charge in [-0.15, -0.1) is 0 Å². The Balaban J connectivity index is 2.26. The van der Waals surface area contributed by atoms with E-state index >= 15 is 0 Å². The number of aromatic hydroxyl groups is 2. The van der Waals surface area contributed by atoms with Gasteiger partial charge in [-0.25, -0.2) is 0 Å². The van der Waals surface area contributed by atoms with Crippen LogP contribution in [0, 0.1) is 0 Å². The van der Waals surface area contributed by atoms with Crippen molar-refractivity contribution in [3.05, 3.63) is 48.0 Å². The van der Waals surface area contributed by atoms with E-state index in [0.717, 1.165) is 0 Å². The lowest BCUT2D eigenvalue weighted by Gasteiger charge is -2.09. The van der Waals surface area contributed by atoms with Crippen molar-refractivity contribution in [3.63, 3.8) is 0 Å². The molecule has 5 heteroatoms. The number of phenols is 2. The van der Waals surface area contributed by atoms with Gasteiger partial charge in [0.2, 0.25) is 0 Å². The van der Waals surface area contributed by atoms with Gasteiger partial charge in [0.05, 0.1) is 7.11 Å². The Kier molecular flexibility index (Phi) is 3.56. The zero-order valence-corrected chi connectivity index (χ0v) is 10.3. The van der Waals surface area contributed by atoms with Gasteiger partial charge in [0, 0.05) is 11.8 Å². The van der Waals surface area contributed by atoms with E-state index in [1.807, 2.05) is 0 Å². The van der Waals surface area contributed by atoms with Gasteiger partial charge in [-0.3, -0.25) is 4.79 Å². The number of carbonyl (C=O) groups excluding carboxylic acids is 1. The molecule has 3 N–H and O–H groups in total. The third-order valence-electron chi connectivity index (χ3n) is 2.58. The molecule has 0 saturated carbocycles. The van der Waals surface area contributed by atoms with Crippen LogP contribution < -0.4 is 10.1 Å². The molecule has 2 aromatic carbocycles. The number of benzene rings is 2. The van der Waals surface area contributed by atoms with Crippen molar-refractivity contribution in [2.45, 2.75) is 0 Å². The SMILES string of the molecule is COc1cccc(NC(=O)c2c(O)cccc2O)c1. The van der Waals surface area contributed by atoms with Crippen LogP contribution in [0.3, 0.4) is 0 Å². The Bertz CT molecular complexity index is 590. The van der Waals surface area contributed by atoms with E-state index in [0.29, 0.717) is 11.4 Å². The molecule has 2 aromatic rings. The number of nitrogens with one attached hydrogen (secondary N) is 1. The maximum absolute atomic E-state index is 12.0. The highest BCUT2D eigenvalue weighted by atomic mass is 16.5. The van der Waals surface area contributed by atoms with Crippen LogP contribution >= 0.6 is 0 Å². The van der Waals surface area contributed by atoms with Crippen LogP contribution in [0.25, 0.3) is 0 Å². The van der Waals surface area contributed by atoms with E-state index in [1.165, 1.54) is 25.3 Å². The van der Waals surface area contributed by atoms with Crippen molar-refractivity contribution in [3.8, 4) is 17.2 Å². The molecular formula is C14H13NO4. The molecule has 98 valence electrons. The lowest BCUT2D eigenvalue weighted by atomic mass is 10.1. The number of carbonyl (C=O) groups is 1. The zero-order chi connectivity index (χ0) is 13.8. The minimum atomic E-state index is -0.594. The quantitative estimate of drug-likeness (QED) is 0.790. The Morgan fingerprint density at radius 2 is 1.74 bits per heavy atom. The van der Waals surface area contributed by atoms with Crippen molar-refractivity contribution in [2.75, 3.05) is 12.4 Å². The van der Waals surface area contributed by atoms with Crippen LogP contribution in [0.1, 0.15) is 10.4 Å². The van der Waals surface area contributed by atoms with Crippen molar-refractivity contribution in [2.24, 2.45) is 0 Å². The highest BCUT2D eigenvalue weighted by Crippen LogP contribution is 2.27. The molecule has 0 atom stereocenters. The number of hydrogen-bond donors (Lipinski definition) is 3. The van der Waals surface area contributed by atoms with Crippen LogP contribution in [-0.4, -0.2) is 23.2 Å². The van der Waals surface area contributed by atoms with Gasteiger partial charge in [0.15, 0.2) is 0 Å². The minimum absolute atomic E-state index is 0.162. The summed E-state index contributed by atoms with van der Waals surface area (Å²) in [7, 11) is 1.52. The molecule has 0 fully saturated rings. The molecule has 0 unspecified atom stereocenters. The molecule has 5 nitrogen and oxygen atoms in total. The maximum atomic E-state index is 12.0. The first-order chi connectivity index (χ1) is 9.11. The zero-order valence-electron chi connectivity index (χ0n) is 10.3. The van der Waals surface area contributed by atoms with Crippen LogP contribution in [0.5, 0.6) is 17.2 Å². The summed E-state index contributed by atoms with van der Waals surface area (Å²) in [6.45, 7) is 0. The van der Waals surface area contributed by atoms with Gasteiger partial charge in [-0.1, -0.05) is 12.1 Å². The Morgan fingerprint density at radius 1 is 1.11 bits per heavy atom. The predicted molar refractivity (Wildman–Crippen MR) is 70.7 cm³/mol. The van der Waals surface area contributed by atoms with Crippen molar-refractivity contribution in [1.29, 1.82) is 0 Å². The number of phenolic OH excluding ortho intramolecular Hbond substituents is 2. The minimum Gasteiger partial charge on any atom is -0.507 e. The molecule has 0 aliphatic carbocycles. The van der Waals surface area contributed by atoms with Gasteiger partial charge in [0.25, 0.3) is 5.91 Å². The molecule has 0 heterocycles. The number of ether oxygens (including phenoxy) is 1. The van der Waals surface area contributed by atoms with Gasteiger partial charge in [-0.2, -0.15) is 0 Å². The first kappa shape index (κ1) is 12.8. The summed E-state index contributed by atoms with van der Waals surface area (Å²) in [6, 6.07) is 10.9. The van der Waals surface area contributed by atoms with Crippen LogP contribution in [0.2, 0.25) is 0 Å². The molecule has 0 aliphatic heterocycles. The standard InChI is InChI=1S/C14H13NO4/c1-19-10-5-2-4-9(8-10)15-14(18)13-11(16)6-3-7-12(13)17/h2-8,16-17H,1H3,(H,15,18). The monoisotopic (exact) mass is 259 g/mol. The largest absolute Gasteiger partial charge is 0.507 e. The maximum Gasteiger partial charge on any atom is 0.263 e. The second-order valence-electron chi connectivity index (χ2n) is 3.86. The Labute approximate surface area is 110 Å². The number of methoxy groups -OCH3 is 1. The Hall–Kier alpha value is -2.69. The number of amides is 1. The molecule has 19 heavy (non-hydrogen) atoms. The third-order valence-corrected chi connectivity index (χ3v) is 2.58. The summed E-state index contributed by atoms with van der Waals surface area (Å²) in [5, 5.41) is 21.8. The smallest absolute Gasteiger partial charge is 0.263 e. The van der Waals surface area contributed by atoms with Gasteiger partial charge >= 0.3 is 0 Å². The lowest BCUT2D eigenvalue weighted by molar-refractivity contribution is 0.102. The van der Waals surface area contributed by atoms with Crippen molar-refractivity contribution in [1.82, 2.24) is 0 Å².